The zero-order chi connectivity index (χ0) is 12.4. The summed E-state index contributed by atoms with van der Waals surface area (Å²) in [6.45, 7) is 0. The number of carbonyl (C=O) groups is 1. The van der Waals surface area contributed by atoms with E-state index in [0.717, 1.165) is 15.2 Å². The monoisotopic (exact) mass is 310 g/mol. The Kier molecular flexibility index (Phi) is 3.69. The number of likely N-dealkylation sites (N-methyl/N-ethyl adjacent to an activating group) is 1. The van der Waals surface area contributed by atoms with Crippen LogP contribution in [0.1, 0.15) is 5.56 Å². The number of benzene rings is 1. The summed E-state index contributed by atoms with van der Waals surface area (Å²) in [4.78, 5) is 18.2. The summed E-state index contributed by atoms with van der Waals surface area (Å²) in [6.07, 6.45) is 1.88. The van der Waals surface area contributed by atoms with Crippen LogP contribution in [0.3, 0.4) is 0 Å². The molecule has 1 heterocycles. The topological polar surface area (TPSA) is 32.7 Å². The lowest BCUT2D eigenvalue weighted by Crippen LogP contribution is -2.23. The van der Waals surface area contributed by atoms with E-state index in [9.17, 15) is 4.79 Å². The van der Waals surface area contributed by atoms with E-state index in [1.54, 1.807) is 19.0 Å². The molecule has 1 aromatic rings. The van der Waals surface area contributed by atoms with Crippen molar-refractivity contribution in [3.05, 3.63) is 39.2 Å². The molecule has 5 heteroatoms. The first kappa shape index (κ1) is 12.4. The number of rotatable bonds is 1. The highest BCUT2D eigenvalue weighted by Crippen LogP contribution is 2.31. The van der Waals surface area contributed by atoms with Gasteiger partial charge in [0.2, 0.25) is 0 Å². The molecule has 0 N–H and O–H groups in total. The third-order valence-electron chi connectivity index (χ3n) is 2.34. The number of carbonyl (C=O) groups excluding carboxylic acids is 1. The van der Waals surface area contributed by atoms with Crippen molar-refractivity contribution in [1.29, 1.82) is 0 Å². The number of aliphatic imine (C=N–C) groups is 1. The molecule has 17 heavy (non-hydrogen) atoms. The van der Waals surface area contributed by atoms with Gasteiger partial charge in [-0.05, 0) is 35.5 Å². The molecule has 0 spiro atoms. The van der Waals surface area contributed by atoms with E-state index in [1.165, 1.54) is 11.8 Å². The molecule has 0 unspecified atom stereocenters. The van der Waals surface area contributed by atoms with E-state index in [1.807, 2.05) is 30.3 Å². The minimum atomic E-state index is -0.00410. The maximum atomic E-state index is 11.9. The van der Waals surface area contributed by atoms with Crippen molar-refractivity contribution in [2.24, 2.45) is 4.99 Å². The lowest BCUT2D eigenvalue weighted by atomic mass is 10.2. The smallest absolute Gasteiger partial charge is 0.266 e. The van der Waals surface area contributed by atoms with Crippen LogP contribution in [0.2, 0.25) is 0 Å². The van der Waals surface area contributed by atoms with Gasteiger partial charge >= 0.3 is 0 Å². The van der Waals surface area contributed by atoms with Crippen LogP contribution in [0.4, 0.5) is 0 Å². The van der Waals surface area contributed by atoms with Gasteiger partial charge in [0.05, 0.1) is 4.91 Å². The third kappa shape index (κ3) is 2.61. The van der Waals surface area contributed by atoms with Crippen LogP contribution in [0.5, 0.6) is 0 Å². The van der Waals surface area contributed by atoms with Gasteiger partial charge in [0, 0.05) is 18.6 Å². The predicted octanol–water partition coefficient (Wildman–Crippen LogP) is 2.98. The Hall–Kier alpha value is -1.07. The van der Waals surface area contributed by atoms with Crippen LogP contribution in [0.25, 0.3) is 6.08 Å². The molecule has 0 saturated carbocycles. The van der Waals surface area contributed by atoms with Gasteiger partial charge in [-0.1, -0.05) is 28.1 Å². The highest BCUT2D eigenvalue weighted by Gasteiger charge is 2.29. The van der Waals surface area contributed by atoms with Crippen LogP contribution in [-0.2, 0) is 4.79 Å². The van der Waals surface area contributed by atoms with Gasteiger partial charge < -0.3 is 0 Å². The molecule has 1 aliphatic rings. The molecular weight excluding hydrogens is 300 g/mol. The fourth-order valence-electron chi connectivity index (χ4n) is 1.50. The van der Waals surface area contributed by atoms with E-state index in [-0.39, 0.29) is 5.91 Å². The fraction of sp³-hybridized carbons (Fsp3) is 0.167. The highest BCUT2D eigenvalue weighted by molar-refractivity contribution is 9.10. The maximum Gasteiger partial charge on any atom is 0.266 e. The molecule has 3 nitrogen and oxygen atoms in total. The van der Waals surface area contributed by atoms with E-state index >= 15 is 0 Å². The van der Waals surface area contributed by atoms with Crippen molar-refractivity contribution in [1.82, 2.24) is 4.90 Å². The second kappa shape index (κ2) is 5.06. The number of hydrogen-bond acceptors (Lipinski definition) is 3. The molecule has 1 fully saturated rings. The van der Waals surface area contributed by atoms with Crippen LogP contribution < -0.4 is 0 Å². The van der Waals surface area contributed by atoms with Crippen molar-refractivity contribution < 1.29 is 4.79 Å². The number of hydrogen-bond donors (Lipinski definition) is 0. The standard InChI is InChI=1S/C12H11BrN2OS/c1-14-12-15(2)11(16)10(17-12)7-8-4-3-5-9(13)6-8/h3-7H,1-2H3/b10-7+,14-12?. The molecular formula is C12H11BrN2OS. The fourth-order valence-corrected chi connectivity index (χ4v) is 2.84. The summed E-state index contributed by atoms with van der Waals surface area (Å²) in [5.41, 5.74) is 1.00. The quantitative estimate of drug-likeness (QED) is 0.747. The molecule has 1 aliphatic heterocycles. The first-order chi connectivity index (χ1) is 8.11. The van der Waals surface area contributed by atoms with Crippen LogP contribution in [0, 0.1) is 0 Å². The molecule has 88 valence electrons. The summed E-state index contributed by atoms with van der Waals surface area (Å²) in [5, 5.41) is 0.733. The Morgan fingerprint density at radius 2 is 2.24 bits per heavy atom. The van der Waals surface area contributed by atoms with Crippen molar-refractivity contribution >= 4 is 44.8 Å². The van der Waals surface area contributed by atoms with Gasteiger partial charge in [-0.15, -0.1) is 0 Å². The summed E-state index contributed by atoms with van der Waals surface area (Å²) < 4.78 is 1.00. The summed E-state index contributed by atoms with van der Waals surface area (Å²) in [5.74, 6) is -0.00410. The van der Waals surface area contributed by atoms with Gasteiger partial charge in [-0.3, -0.25) is 14.7 Å². The predicted molar refractivity (Wildman–Crippen MR) is 75.8 cm³/mol. The van der Waals surface area contributed by atoms with Crippen molar-refractivity contribution in [2.45, 2.75) is 0 Å². The Morgan fingerprint density at radius 1 is 1.47 bits per heavy atom. The van der Waals surface area contributed by atoms with E-state index in [0.29, 0.717) is 4.91 Å². The number of amides is 1. The summed E-state index contributed by atoms with van der Waals surface area (Å²) in [6, 6.07) is 7.84. The average molecular weight is 311 g/mol. The Labute approximate surface area is 113 Å². The third-order valence-corrected chi connectivity index (χ3v) is 3.99. The largest absolute Gasteiger partial charge is 0.290 e. The lowest BCUT2D eigenvalue weighted by Gasteiger charge is -2.05. The molecule has 2 rings (SSSR count). The second-order valence-electron chi connectivity index (χ2n) is 3.54. The number of nitrogens with zero attached hydrogens (tertiary/aromatic N) is 2. The van der Waals surface area contributed by atoms with E-state index < -0.39 is 0 Å². The van der Waals surface area contributed by atoms with Crippen LogP contribution in [-0.4, -0.2) is 30.1 Å². The molecule has 0 aliphatic carbocycles. The summed E-state index contributed by atoms with van der Waals surface area (Å²) >= 11 is 4.81. The highest BCUT2D eigenvalue weighted by atomic mass is 79.9. The van der Waals surface area contributed by atoms with Crippen LogP contribution >= 0.6 is 27.7 Å². The van der Waals surface area contributed by atoms with E-state index in [4.69, 9.17) is 0 Å². The van der Waals surface area contributed by atoms with Crippen molar-refractivity contribution in [2.75, 3.05) is 14.1 Å². The average Bonchev–Trinajstić information content (AvgIpc) is 2.57. The molecule has 0 radical (unpaired) electrons. The first-order valence-electron chi connectivity index (χ1n) is 5.02. The molecule has 0 aromatic heterocycles. The first-order valence-corrected chi connectivity index (χ1v) is 6.62. The van der Waals surface area contributed by atoms with E-state index in [2.05, 4.69) is 20.9 Å². The molecule has 1 amide bonds. The summed E-state index contributed by atoms with van der Waals surface area (Å²) in [7, 11) is 3.42. The van der Waals surface area contributed by atoms with Gasteiger partial charge in [-0.2, -0.15) is 0 Å². The number of halogens is 1. The minimum Gasteiger partial charge on any atom is -0.290 e. The lowest BCUT2D eigenvalue weighted by molar-refractivity contribution is -0.121. The van der Waals surface area contributed by atoms with Gasteiger partial charge in [0.1, 0.15) is 0 Å². The molecule has 0 atom stereocenters. The second-order valence-corrected chi connectivity index (χ2v) is 5.46. The zero-order valence-electron chi connectivity index (χ0n) is 9.48. The Bertz CT molecular complexity index is 525. The number of thioether (sulfide) groups is 1. The van der Waals surface area contributed by atoms with Crippen molar-refractivity contribution in [3.63, 3.8) is 0 Å². The molecule has 0 bridgehead atoms. The van der Waals surface area contributed by atoms with Gasteiger partial charge in [0.15, 0.2) is 5.17 Å². The zero-order valence-corrected chi connectivity index (χ0v) is 11.9. The van der Waals surface area contributed by atoms with Gasteiger partial charge in [0.25, 0.3) is 5.91 Å². The maximum absolute atomic E-state index is 11.9. The van der Waals surface area contributed by atoms with Crippen molar-refractivity contribution in [3.8, 4) is 0 Å². The van der Waals surface area contributed by atoms with Gasteiger partial charge in [-0.25, -0.2) is 0 Å². The number of amidine groups is 1. The Morgan fingerprint density at radius 3 is 2.82 bits per heavy atom. The molecule has 1 aromatic carbocycles. The van der Waals surface area contributed by atoms with Crippen LogP contribution in [0.15, 0.2) is 38.6 Å². The minimum absolute atomic E-state index is 0.00410. The molecule has 1 saturated heterocycles. The normalized spacial score (nSPS) is 20.6. The Balaban J connectivity index is 2.33. The SMILES string of the molecule is CN=C1S/C(=C/c2cccc(Br)c2)C(=O)N1C.